The van der Waals surface area contributed by atoms with Gasteiger partial charge in [0.15, 0.2) is 5.11 Å². The predicted molar refractivity (Wildman–Crippen MR) is 87.9 cm³/mol. The van der Waals surface area contributed by atoms with Crippen LogP contribution in [-0.2, 0) is 4.79 Å². The zero-order valence-corrected chi connectivity index (χ0v) is 11.9. The summed E-state index contributed by atoms with van der Waals surface area (Å²) in [5.74, 6) is -0.199. The lowest BCUT2D eigenvalue weighted by molar-refractivity contribution is -0.115. The van der Waals surface area contributed by atoms with Crippen LogP contribution in [-0.4, -0.2) is 16.1 Å². The summed E-state index contributed by atoms with van der Waals surface area (Å²) in [5.41, 5.74) is 1.53. The number of carbonyl (C=O) groups is 1. The van der Waals surface area contributed by atoms with Crippen LogP contribution in [0, 0.1) is 0 Å². The standard InChI is InChI=1S/C16H14N2O2S/c19-14-8-4-7-13(11-14)17-16(21)18-15(20)10-9-12-5-2-1-3-6-12/h1-11,19H,(H2,17,18,20,21). The van der Waals surface area contributed by atoms with Crippen molar-refractivity contribution in [3.05, 3.63) is 66.2 Å². The number of nitrogens with one attached hydrogen (secondary N) is 2. The molecule has 0 radical (unpaired) electrons. The molecule has 106 valence electrons. The molecular formula is C16H14N2O2S. The molecule has 0 heterocycles. The second-order valence-corrected chi connectivity index (χ2v) is 4.65. The van der Waals surface area contributed by atoms with Gasteiger partial charge in [-0.1, -0.05) is 36.4 Å². The zero-order valence-electron chi connectivity index (χ0n) is 11.1. The number of benzene rings is 2. The third-order valence-electron chi connectivity index (χ3n) is 2.57. The van der Waals surface area contributed by atoms with Gasteiger partial charge < -0.3 is 10.4 Å². The molecule has 0 saturated heterocycles. The SMILES string of the molecule is O=C(C=Cc1ccccc1)NC(=S)Nc1cccc(O)c1. The van der Waals surface area contributed by atoms with E-state index in [1.54, 1.807) is 24.3 Å². The lowest BCUT2D eigenvalue weighted by Gasteiger charge is -2.08. The molecule has 0 bridgehead atoms. The van der Waals surface area contributed by atoms with Gasteiger partial charge in [-0.15, -0.1) is 0 Å². The van der Waals surface area contributed by atoms with E-state index in [9.17, 15) is 9.90 Å². The molecule has 0 aliphatic rings. The Morgan fingerprint density at radius 3 is 2.57 bits per heavy atom. The van der Waals surface area contributed by atoms with Gasteiger partial charge in [0.1, 0.15) is 5.75 Å². The zero-order chi connectivity index (χ0) is 15.1. The number of phenols is 1. The van der Waals surface area contributed by atoms with Gasteiger partial charge in [0.2, 0.25) is 5.91 Å². The van der Waals surface area contributed by atoms with Crippen LogP contribution in [0.1, 0.15) is 5.56 Å². The summed E-state index contributed by atoms with van der Waals surface area (Å²) >= 11 is 5.03. The third-order valence-corrected chi connectivity index (χ3v) is 2.77. The van der Waals surface area contributed by atoms with Crippen molar-refractivity contribution < 1.29 is 9.90 Å². The summed E-state index contributed by atoms with van der Waals surface area (Å²) in [4.78, 5) is 11.7. The topological polar surface area (TPSA) is 61.4 Å². The Morgan fingerprint density at radius 1 is 1.10 bits per heavy atom. The molecule has 2 rings (SSSR count). The molecule has 0 spiro atoms. The Morgan fingerprint density at radius 2 is 1.86 bits per heavy atom. The van der Waals surface area contributed by atoms with Gasteiger partial charge in [-0.3, -0.25) is 10.1 Å². The van der Waals surface area contributed by atoms with E-state index < -0.39 is 0 Å². The van der Waals surface area contributed by atoms with E-state index in [1.807, 2.05) is 30.3 Å². The van der Waals surface area contributed by atoms with Gasteiger partial charge in [0, 0.05) is 17.8 Å². The van der Waals surface area contributed by atoms with Crippen LogP contribution in [0.15, 0.2) is 60.7 Å². The molecule has 0 saturated carbocycles. The fourth-order valence-electron chi connectivity index (χ4n) is 1.64. The highest BCUT2D eigenvalue weighted by Gasteiger charge is 2.02. The van der Waals surface area contributed by atoms with Crippen molar-refractivity contribution in [3.63, 3.8) is 0 Å². The normalized spacial score (nSPS) is 10.3. The quantitative estimate of drug-likeness (QED) is 0.602. The average molecular weight is 298 g/mol. The summed E-state index contributed by atoms with van der Waals surface area (Å²) in [6.45, 7) is 0. The maximum absolute atomic E-state index is 11.7. The maximum atomic E-state index is 11.7. The van der Waals surface area contributed by atoms with E-state index in [1.165, 1.54) is 12.1 Å². The first kappa shape index (κ1) is 14.7. The van der Waals surface area contributed by atoms with Crippen LogP contribution in [0.25, 0.3) is 6.08 Å². The minimum atomic E-state index is -0.323. The van der Waals surface area contributed by atoms with Crippen LogP contribution < -0.4 is 10.6 Å². The van der Waals surface area contributed by atoms with Gasteiger partial charge in [-0.2, -0.15) is 0 Å². The molecule has 0 unspecified atom stereocenters. The van der Waals surface area contributed by atoms with Crippen LogP contribution in [0.4, 0.5) is 5.69 Å². The summed E-state index contributed by atoms with van der Waals surface area (Å²) in [6.07, 6.45) is 3.11. The Bertz CT molecular complexity index is 669. The number of hydrogen-bond donors (Lipinski definition) is 3. The van der Waals surface area contributed by atoms with Gasteiger partial charge in [-0.25, -0.2) is 0 Å². The van der Waals surface area contributed by atoms with E-state index in [0.29, 0.717) is 5.69 Å². The van der Waals surface area contributed by atoms with Crippen LogP contribution in [0.3, 0.4) is 0 Å². The van der Waals surface area contributed by atoms with Gasteiger partial charge in [-0.05, 0) is 36.0 Å². The second kappa shape index (κ2) is 7.21. The van der Waals surface area contributed by atoms with E-state index >= 15 is 0 Å². The monoisotopic (exact) mass is 298 g/mol. The summed E-state index contributed by atoms with van der Waals surface area (Å²) < 4.78 is 0. The number of hydrogen-bond acceptors (Lipinski definition) is 3. The molecule has 21 heavy (non-hydrogen) atoms. The number of thiocarbonyl (C=S) groups is 1. The van der Waals surface area contributed by atoms with Gasteiger partial charge in [0.25, 0.3) is 0 Å². The Labute approximate surface area is 128 Å². The molecule has 4 nitrogen and oxygen atoms in total. The Hall–Kier alpha value is -2.66. The molecule has 0 atom stereocenters. The first-order valence-electron chi connectivity index (χ1n) is 6.27. The summed E-state index contributed by atoms with van der Waals surface area (Å²) in [7, 11) is 0. The van der Waals surface area contributed by atoms with E-state index in [4.69, 9.17) is 12.2 Å². The molecule has 2 aromatic rings. The van der Waals surface area contributed by atoms with E-state index in [0.717, 1.165) is 5.56 Å². The highest BCUT2D eigenvalue weighted by molar-refractivity contribution is 7.80. The first-order chi connectivity index (χ1) is 10.1. The van der Waals surface area contributed by atoms with E-state index in [-0.39, 0.29) is 16.8 Å². The van der Waals surface area contributed by atoms with Crippen molar-refractivity contribution in [1.29, 1.82) is 0 Å². The van der Waals surface area contributed by atoms with Crippen LogP contribution in [0.5, 0.6) is 5.75 Å². The number of amides is 1. The first-order valence-corrected chi connectivity index (χ1v) is 6.68. The molecule has 0 aliphatic carbocycles. The molecule has 2 aromatic carbocycles. The van der Waals surface area contributed by atoms with Crippen molar-refractivity contribution in [2.24, 2.45) is 0 Å². The van der Waals surface area contributed by atoms with Crippen molar-refractivity contribution in [1.82, 2.24) is 5.32 Å². The lowest BCUT2D eigenvalue weighted by Crippen LogP contribution is -2.32. The highest BCUT2D eigenvalue weighted by atomic mass is 32.1. The van der Waals surface area contributed by atoms with Gasteiger partial charge in [0.05, 0.1) is 0 Å². The number of rotatable bonds is 3. The minimum Gasteiger partial charge on any atom is -0.508 e. The summed E-state index contributed by atoms with van der Waals surface area (Å²) in [6, 6.07) is 16.0. The number of phenolic OH excluding ortho intramolecular Hbond substituents is 1. The molecule has 0 fully saturated rings. The van der Waals surface area contributed by atoms with Crippen LogP contribution in [0.2, 0.25) is 0 Å². The van der Waals surface area contributed by atoms with Crippen molar-refractivity contribution in [2.45, 2.75) is 0 Å². The highest BCUT2D eigenvalue weighted by Crippen LogP contribution is 2.14. The Kier molecular flexibility index (Phi) is 5.06. The van der Waals surface area contributed by atoms with Crippen LogP contribution >= 0.6 is 12.2 Å². The third kappa shape index (κ3) is 5.08. The van der Waals surface area contributed by atoms with Crippen molar-refractivity contribution in [2.75, 3.05) is 5.32 Å². The maximum Gasteiger partial charge on any atom is 0.250 e. The molecular weight excluding hydrogens is 284 g/mol. The van der Waals surface area contributed by atoms with Gasteiger partial charge >= 0.3 is 0 Å². The fourth-order valence-corrected chi connectivity index (χ4v) is 1.85. The number of carbonyl (C=O) groups excluding carboxylic acids is 1. The number of anilines is 1. The average Bonchev–Trinajstić information content (AvgIpc) is 2.46. The second-order valence-electron chi connectivity index (χ2n) is 4.24. The lowest BCUT2D eigenvalue weighted by atomic mass is 10.2. The smallest absolute Gasteiger partial charge is 0.250 e. The summed E-state index contributed by atoms with van der Waals surface area (Å²) in [5, 5.41) is 14.9. The van der Waals surface area contributed by atoms with E-state index in [2.05, 4.69) is 10.6 Å². The molecule has 3 N–H and O–H groups in total. The minimum absolute atomic E-state index is 0.123. The molecule has 1 amide bonds. The molecule has 5 heteroatoms. The number of aromatic hydroxyl groups is 1. The molecule has 0 aliphatic heterocycles. The predicted octanol–water partition coefficient (Wildman–Crippen LogP) is 2.92. The van der Waals surface area contributed by atoms with Crippen molar-refractivity contribution in [3.8, 4) is 5.75 Å². The van der Waals surface area contributed by atoms with Crippen molar-refractivity contribution >= 4 is 35.0 Å². The molecule has 0 aromatic heterocycles. The fraction of sp³-hybridized carbons (Fsp3) is 0. The Balaban J connectivity index is 1.88. The largest absolute Gasteiger partial charge is 0.508 e.